The van der Waals surface area contributed by atoms with E-state index in [9.17, 15) is 4.79 Å². The standard InChI is InChI=1S/C12H15BrN2O3/c1-8-5-9(13)11(14-6-8)15-3-4-18-7-10(15)12(16)17-2/h5-6,10H,3-4,7H2,1-2H3. The topological polar surface area (TPSA) is 51.7 Å². The maximum Gasteiger partial charge on any atom is 0.330 e. The molecule has 2 rings (SSSR count). The minimum atomic E-state index is -0.435. The van der Waals surface area contributed by atoms with E-state index < -0.39 is 6.04 Å². The second-order valence-corrected chi connectivity index (χ2v) is 4.98. The Balaban J connectivity index is 2.30. The van der Waals surface area contributed by atoms with Crippen molar-refractivity contribution >= 4 is 27.7 Å². The molecule has 0 radical (unpaired) electrons. The van der Waals surface area contributed by atoms with Crippen molar-refractivity contribution in [2.45, 2.75) is 13.0 Å². The van der Waals surface area contributed by atoms with Crippen LogP contribution >= 0.6 is 15.9 Å². The first-order valence-corrected chi connectivity index (χ1v) is 6.47. The minimum Gasteiger partial charge on any atom is -0.467 e. The number of halogens is 1. The average molecular weight is 315 g/mol. The van der Waals surface area contributed by atoms with Crippen LogP contribution in [0.1, 0.15) is 5.56 Å². The Morgan fingerprint density at radius 2 is 2.44 bits per heavy atom. The molecule has 1 aromatic rings. The first-order valence-electron chi connectivity index (χ1n) is 5.68. The van der Waals surface area contributed by atoms with Gasteiger partial charge in [0, 0.05) is 12.7 Å². The molecule has 98 valence electrons. The molecule has 1 atom stereocenters. The highest BCUT2D eigenvalue weighted by molar-refractivity contribution is 9.10. The first kappa shape index (κ1) is 13.3. The summed E-state index contributed by atoms with van der Waals surface area (Å²) in [4.78, 5) is 18.0. The van der Waals surface area contributed by atoms with Gasteiger partial charge >= 0.3 is 5.97 Å². The quantitative estimate of drug-likeness (QED) is 0.775. The van der Waals surface area contributed by atoms with Crippen LogP contribution in [-0.2, 0) is 14.3 Å². The third kappa shape index (κ3) is 2.64. The van der Waals surface area contributed by atoms with Crippen molar-refractivity contribution in [3.05, 3.63) is 22.3 Å². The van der Waals surface area contributed by atoms with E-state index in [1.54, 1.807) is 6.20 Å². The van der Waals surface area contributed by atoms with Crippen LogP contribution in [0.15, 0.2) is 16.7 Å². The zero-order valence-electron chi connectivity index (χ0n) is 10.4. The molecular weight excluding hydrogens is 300 g/mol. The number of anilines is 1. The van der Waals surface area contributed by atoms with Crippen LogP contribution in [0, 0.1) is 6.92 Å². The van der Waals surface area contributed by atoms with Crippen LogP contribution < -0.4 is 4.90 Å². The molecule has 0 N–H and O–H groups in total. The van der Waals surface area contributed by atoms with Gasteiger partial charge in [0.15, 0.2) is 6.04 Å². The summed E-state index contributed by atoms with van der Waals surface area (Å²) < 4.78 is 11.0. The Morgan fingerprint density at radius 1 is 1.67 bits per heavy atom. The number of ether oxygens (including phenoxy) is 2. The maximum atomic E-state index is 11.7. The largest absolute Gasteiger partial charge is 0.467 e. The summed E-state index contributed by atoms with van der Waals surface area (Å²) in [6, 6.07) is 1.54. The fourth-order valence-electron chi connectivity index (χ4n) is 1.93. The van der Waals surface area contributed by atoms with Gasteiger partial charge in [-0.1, -0.05) is 0 Å². The smallest absolute Gasteiger partial charge is 0.330 e. The van der Waals surface area contributed by atoms with Gasteiger partial charge in [-0.25, -0.2) is 9.78 Å². The fraction of sp³-hybridized carbons (Fsp3) is 0.500. The number of morpholine rings is 1. The van der Waals surface area contributed by atoms with Gasteiger partial charge in [-0.15, -0.1) is 0 Å². The van der Waals surface area contributed by atoms with Gasteiger partial charge in [0.05, 0.1) is 24.8 Å². The number of aromatic nitrogens is 1. The van der Waals surface area contributed by atoms with Crippen LogP contribution in [0.2, 0.25) is 0 Å². The summed E-state index contributed by atoms with van der Waals surface area (Å²) in [5, 5.41) is 0. The Bertz CT molecular complexity index is 453. The molecule has 0 aliphatic carbocycles. The lowest BCUT2D eigenvalue weighted by Gasteiger charge is -2.35. The van der Waals surface area contributed by atoms with Gasteiger partial charge in [0.1, 0.15) is 5.82 Å². The van der Waals surface area contributed by atoms with E-state index in [1.807, 2.05) is 17.9 Å². The second kappa shape index (κ2) is 5.67. The highest BCUT2D eigenvalue weighted by atomic mass is 79.9. The summed E-state index contributed by atoms with van der Waals surface area (Å²) in [5.74, 6) is 0.447. The van der Waals surface area contributed by atoms with E-state index in [1.165, 1.54) is 7.11 Å². The van der Waals surface area contributed by atoms with E-state index in [0.717, 1.165) is 15.9 Å². The van der Waals surface area contributed by atoms with E-state index in [-0.39, 0.29) is 5.97 Å². The average Bonchev–Trinajstić information content (AvgIpc) is 2.38. The molecule has 1 fully saturated rings. The lowest BCUT2D eigenvalue weighted by atomic mass is 10.2. The zero-order valence-corrected chi connectivity index (χ0v) is 11.9. The number of methoxy groups -OCH3 is 1. The predicted molar refractivity (Wildman–Crippen MR) is 70.6 cm³/mol. The summed E-state index contributed by atoms with van der Waals surface area (Å²) >= 11 is 3.48. The van der Waals surface area contributed by atoms with E-state index in [0.29, 0.717) is 19.8 Å². The predicted octanol–water partition coefficient (Wildman–Crippen LogP) is 1.53. The van der Waals surface area contributed by atoms with Crippen LogP contribution in [-0.4, -0.2) is 43.9 Å². The summed E-state index contributed by atoms with van der Waals surface area (Å²) in [5.41, 5.74) is 1.06. The maximum absolute atomic E-state index is 11.7. The summed E-state index contributed by atoms with van der Waals surface area (Å²) in [6.45, 7) is 3.50. The van der Waals surface area contributed by atoms with Crippen LogP contribution in [0.3, 0.4) is 0 Å². The van der Waals surface area contributed by atoms with E-state index in [2.05, 4.69) is 20.9 Å². The molecule has 2 heterocycles. The van der Waals surface area contributed by atoms with Crippen molar-refractivity contribution in [1.82, 2.24) is 4.98 Å². The third-order valence-corrected chi connectivity index (χ3v) is 3.42. The molecule has 0 aromatic carbocycles. The fourth-order valence-corrected chi connectivity index (χ4v) is 2.62. The van der Waals surface area contributed by atoms with Crippen molar-refractivity contribution in [2.24, 2.45) is 0 Å². The molecule has 0 spiro atoms. The molecule has 1 unspecified atom stereocenters. The number of carbonyl (C=O) groups excluding carboxylic acids is 1. The molecule has 18 heavy (non-hydrogen) atoms. The van der Waals surface area contributed by atoms with Gasteiger partial charge in [-0.05, 0) is 34.5 Å². The molecule has 1 saturated heterocycles. The van der Waals surface area contributed by atoms with Gasteiger partial charge < -0.3 is 14.4 Å². The third-order valence-electron chi connectivity index (χ3n) is 2.83. The number of carbonyl (C=O) groups is 1. The number of esters is 1. The van der Waals surface area contributed by atoms with Crippen LogP contribution in [0.5, 0.6) is 0 Å². The normalized spacial score (nSPS) is 19.7. The molecule has 6 heteroatoms. The van der Waals surface area contributed by atoms with Crippen molar-refractivity contribution in [3.63, 3.8) is 0 Å². The summed E-state index contributed by atoms with van der Waals surface area (Å²) in [6.07, 6.45) is 1.78. The SMILES string of the molecule is COC(=O)C1COCCN1c1ncc(C)cc1Br. The summed E-state index contributed by atoms with van der Waals surface area (Å²) in [7, 11) is 1.38. The highest BCUT2D eigenvalue weighted by Gasteiger charge is 2.32. The Kier molecular flexibility index (Phi) is 4.19. The minimum absolute atomic E-state index is 0.302. The molecule has 0 amide bonds. The number of hydrogen-bond donors (Lipinski definition) is 0. The lowest BCUT2D eigenvalue weighted by molar-refractivity contribution is -0.144. The molecule has 1 aromatic heterocycles. The van der Waals surface area contributed by atoms with Crippen molar-refractivity contribution in [2.75, 3.05) is 31.8 Å². The number of nitrogens with zero attached hydrogens (tertiary/aromatic N) is 2. The van der Waals surface area contributed by atoms with Crippen molar-refractivity contribution < 1.29 is 14.3 Å². The number of hydrogen-bond acceptors (Lipinski definition) is 5. The number of pyridine rings is 1. The van der Waals surface area contributed by atoms with Gasteiger partial charge in [-0.3, -0.25) is 0 Å². The molecular formula is C12H15BrN2O3. The van der Waals surface area contributed by atoms with Gasteiger partial charge in [-0.2, -0.15) is 0 Å². The van der Waals surface area contributed by atoms with Crippen LogP contribution in [0.4, 0.5) is 5.82 Å². The Morgan fingerprint density at radius 3 is 3.11 bits per heavy atom. The number of rotatable bonds is 2. The second-order valence-electron chi connectivity index (χ2n) is 4.13. The molecule has 1 aliphatic heterocycles. The molecule has 0 saturated carbocycles. The van der Waals surface area contributed by atoms with Gasteiger partial charge in [0.25, 0.3) is 0 Å². The van der Waals surface area contributed by atoms with E-state index >= 15 is 0 Å². The van der Waals surface area contributed by atoms with Crippen molar-refractivity contribution in [1.29, 1.82) is 0 Å². The van der Waals surface area contributed by atoms with E-state index in [4.69, 9.17) is 9.47 Å². The van der Waals surface area contributed by atoms with Crippen molar-refractivity contribution in [3.8, 4) is 0 Å². The first-order chi connectivity index (χ1) is 8.63. The van der Waals surface area contributed by atoms with Gasteiger partial charge in [0.2, 0.25) is 0 Å². The molecule has 5 nitrogen and oxygen atoms in total. The highest BCUT2D eigenvalue weighted by Crippen LogP contribution is 2.27. The molecule has 1 aliphatic rings. The number of aryl methyl sites for hydroxylation is 1. The lowest BCUT2D eigenvalue weighted by Crippen LogP contribution is -2.51. The Labute approximate surface area is 114 Å². The zero-order chi connectivity index (χ0) is 13.1. The molecule has 0 bridgehead atoms. The van der Waals surface area contributed by atoms with Crippen LogP contribution in [0.25, 0.3) is 0 Å². The monoisotopic (exact) mass is 314 g/mol. The Hall–Kier alpha value is -1.14.